The molecule has 0 spiro atoms. The first-order valence-corrected chi connectivity index (χ1v) is 13.4. The predicted octanol–water partition coefficient (Wildman–Crippen LogP) is 4.34. The minimum atomic E-state index is -3.40. The number of nitrogens with one attached hydrogen (secondary N) is 1. The van der Waals surface area contributed by atoms with E-state index in [9.17, 15) is 13.2 Å². The molecule has 1 N–H and O–H groups in total. The van der Waals surface area contributed by atoms with Gasteiger partial charge in [0.05, 0.1) is 12.3 Å². The summed E-state index contributed by atoms with van der Waals surface area (Å²) < 4.78 is 33.7. The van der Waals surface area contributed by atoms with Crippen LogP contribution in [-0.2, 0) is 20.6 Å². The van der Waals surface area contributed by atoms with Gasteiger partial charge in [-0.05, 0) is 53.4 Å². The summed E-state index contributed by atoms with van der Waals surface area (Å²) in [6.07, 6.45) is 1.05. The topological polar surface area (TPSA) is 75.7 Å². The molecule has 0 bridgehead atoms. The van der Waals surface area contributed by atoms with Gasteiger partial charge in [-0.25, -0.2) is 12.7 Å². The van der Waals surface area contributed by atoms with Gasteiger partial charge in [-0.3, -0.25) is 4.79 Å². The molecule has 1 saturated heterocycles. The van der Waals surface area contributed by atoms with Crippen LogP contribution in [0.3, 0.4) is 0 Å². The van der Waals surface area contributed by atoms with Crippen molar-refractivity contribution in [2.45, 2.75) is 18.6 Å². The number of benzene rings is 3. The van der Waals surface area contributed by atoms with Crippen LogP contribution in [0.15, 0.2) is 71.2 Å². The SMILES string of the molecule is O=C(NCCOc1ccc2ccccc2c1)C1CCN(S(=O)(=O)Cc2ccc(Br)cc2)CC1. The van der Waals surface area contributed by atoms with Crippen molar-refractivity contribution in [2.75, 3.05) is 26.2 Å². The number of fused-ring (bicyclic) bond motifs is 1. The van der Waals surface area contributed by atoms with Gasteiger partial charge in [0, 0.05) is 23.5 Å². The normalized spacial score (nSPS) is 15.4. The highest BCUT2D eigenvalue weighted by Crippen LogP contribution is 2.23. The number of halogens is 1. The monoisotopic (exact) mass is 530 g/mol. The van der Waals surface area contributed by atoms with Gasteiger partial charge in [0.15, 0.2) is 0 Å². The Morgan fingerprint density at radius 1 is 1.00 bits per heavy atom. The van der Waals surface area contributed by atoms with Crippen LogP contribution in [0.2, 0.25) is 0 Å². The highest BCUT2D eigenvalue weighted by molar-refractivity contribution is 9.10. The van der Waals surface area contributed by atoms with Crippen molar-refractivity contribution in [2.24, 2.45) is 5.92 Å². The molecule has 0 aromatic heterocycles. The van der Waals surface area contributed by atoms with Crippen LogP contribution in [0, 0.1) is 5.92 Å². The first-order chi connectivity index (χ1) is 15.9. The van der Waals surface area contributed by atoms with Gasteiger partial charge in [0.2, 0.25) is 15.9 Å². The van der Waals surface area contributed by atoms with E-state index in [-0.39, 0.29) is 17.6 Å². The Morgan fingerprint density at radius 3 is 2.42 bits per heavy atom. The zero-order valence-electron chi connectivity index (χ0n) is 18.2. The van der Waals surface area contributed by atoms with E-state index in [1.54, 1.807) is 0 Å². The number of sulfonamides is 1. The summed E-state index contributed by atoms with van der Waals surface area (Å²) in [6, 6.07) is 21.3. The lowest BCUT2D eigenvalue weighted by Gasteiger charge is -2.30. The molecule has 1 aliphatic rings. The molecular weight excluding hydrogens is 504 g/mol. The zero-order chi connectivity index (χ0) is 23.3. The Morgan fingerprint density at radius 2 is 1.70 bits per heavy atom. The third-order valence-electron chi connectivity index (χ3n) is 5.87. The van der Waals surface area contributed by atoms with Crippen LogP contribution in [-0.4, -0.2) is 44.9 Å². The lowest BCUT2D eigenvalue weighted by atomic mass is 9.97. The van der Waals surface area contributed by atoms with Gasteiger partial charge >= 0.3 is 0 Å². The predicted molar refractivity (Wildman–Crippen MR) is 134 cm³/mol. The minimum Gasteiger partial charge on any atom is -0.492 e. The lowest BCUT2D eigenvalue weighted by Crippen LogP contribution is -2.43. The molecule has 1 fully saturated rings. The third kappa shape index (κ3) is 6.34. The minimum absolute atomic E-state index is 0.0245. The summed E-state index contributed by atoms with van der Waals surface area (Å²) in [5.74, 6) is 0.530. The second kappa shape index (κ2) is 10.7. The number of hydrogen-bond acceptors (Lipinski definition) is 4. The van der Waals surface area contributed by atoms with Gasteiger partial charge in [0.1, 0.15) is 12.4 Å². The number of carbonyl (C=O) groups is 1. The molecule has 0 unspecified atom stereocenters. The molecule has 0 saturated carbocycles. The van der Waals surface area contributed by atoms with Crippen LogP contribution in [0.25, 0.3) is 10.8 Å². The Balaban J connectivity index is 1.20. The van der Waals surface area contributed by atoms with Crippen molar-refractivity contribution < 1.29 is 17.9 Å². The summed E-state index contributed by atoms with van der Waals surface area (Å²) in [5.41, 5.74) is 0.754. The molecule has 0 aliphatic carbocycles. The summed E-state index contributed by atoms with van der Waals surface area (Å²) in [7, 11) is -3.40. The lowest BCUT2D eigenvalue weighted by molar-refractivity contribution is -0.126. The van der Waals surface area contributed by atoms with Crippen LogP contribution in [0.5, 0.6) is 5.75 Å². The maximum absolute atomic E-state index is 12.7. The number of nitrogens with zero attached hydrogens (tertiary/aromatic N) is 1. The van der Waals surface area contributed by atoms with Gasteiger partial charge in [0.25, 0.3) is 0 Å². The molecule has 174 valence electrons. The molecule has 0 atom stereocenters. The van der Waals surface area contributed by atoms with Gasteiger partial charge in [-0.2, -0.15) is 0 Å². The second-order valence-corrected chi connectivity index (χ2v) is 11.1. The van der Waals surface area contributed by atoms with Crippen LogP contribution < -0.4 is 10.1 Å². The summed E-state index contributed by atoms with van der Waals surface area (Å²) in [4.78, 5) is 12.5. The molecule has 4 rings (SSSR count). The number of amides is 1. The Bertz CT molecular complexity index is 1210. The zero-order valence-corrected chi connectivity index (χ0v) is 20.6. The molecule has 3 aromatic carbocycles. The number of piperidine rings is 1. The average molecular weight is 531 g/mol. The highest BCUT2D eigenvalue weighted by atomic mass is 79.9. The highest BCUT2D eigenvalue weighted by Gasteiger charge is 2.31. The average Bonchev–Trinajstić information content (AvgIpc) is 2.83. The maximum atomic E-state index is 12.7. The van der Waals surface area contributed by atoms with Gasteiger partial charge in [-0.1, -0.05) is 58.4 Å². The van der Waals surface area contributed by atoms with Crippen LogP contribution in [0.4, 0.5) is 0 Å². The fourth-order valence-corrected chi connectivity index (χ4v) is 5.85. The third-order valence-corrected chi connectivity index (χ3v) is 8.25. The van der Waals surface area contributed by atoms with Crippen LogP contribution >= 0.6 is 15.9 Å². The van der Waals surface area contributed by atoms with Crippen molar-refractivity contribution in [3.63, 3.8) is 0 Å². The molecule has 33 heavy (non-hydrogen) atoms. The van der Waals surface area contributed by atoms with E-state index in [4.69, 9.17) is 4.74 Å². The van der Waals surface area contributed by atoms with E-state index in [1.807, 2.05) is 60.7 Å². The fraction of sp³-hybridized carbons (Fsp3) is 0.320. The smallest absolute Gasteiger partial charge is 0.223 e. The fourth-order valence-electron chi connectivity index (χ4n) is 4.02. The molecule has 0 radical (unpaired) electrons. The molecule has 8 heteroatoms. The molecule has 1 heterocycles. The number of ether oxygens (including phenoxy) is 1. The first-order valence-electron chi connectivity index (χ1n) is 11.0. The van der Waals surface area contributed by atoms with Crippen molar-refractivity contribution in [1.82, 2.24) is 9.62 Å². The Hall–Kier alpha value is -2.42. The van der Waals surface area contributed by atoms with Crippen molar-refractivity contribution in [3.05, 3.63) is 76.8 Å². The number of carbonyl (C=O) groups excluding carboxylic acids is 1. The van der Waals surface area contributed by atoms with Crippen molar-refractivity contribution >= 4 is 42.6 Å². The van der Waals surface area contributed by atoms with E-state index < -0.39 is 10.0 Å². The number of rotatable bonds is 8. The molecule has 1 aliphatic heterocycles. The molecule has 6 nitrogen and oxygen atoms in total. The Labute approximate surface area is 203 Å². The van der Waals surface area contributed by atoms with Gasteiger partial charge < -0.3 is 10.1 Å². The quantitative estimate of drug-likeness (QED) is 0.439. The largest absolute Gasteiger partial charge is 0.492 e. The van der Waals surface area contributed by atoms with Gasteiger partial charge in [-0.15, -0.1) is 0 Å². The second-order valence-electron chi connectivity index (χ2n) is 8.20. The van der Waals surface area contributed by atoms with Crippen molar-refractivity contribution in [1.29, 1.82) is 0 Å². The summed E-state index contributed by atoms with van der Waals surface area (Å²) >= 11 is 3.36. The summed E-state index contributed by atoms with van der Waals surface area (Å²) in [5, 5.41) is 5.19. The number of hydrogen-bond donors (Lipinski definition) is 1. The molecule has 3 aromatic rings. The first kappa shape index (κ1) is 23.7. The van der Waals surface area contributed by atoms with Crippen LogP contribution in [0.1, 0.15) is 18.4 Å². The maximum Gasteiger partial charge on any atom is 0.223 e. The Kier molecular flexibility index (Phi) is 7.67. The standard InChI is InChI=1S/C25H27BrN2O4S/c26-23-8-5-19(6-9-23)18-33(30,31)28-14-11-21(12-15-28)25(29)27-13-16-32-24-10-7-20-3-1-2-4-22(20)17-24/h1-10,17,21H,11-16,18H2,(H,27,29). The summed E-state index contributed by atoms with van der Waals surface area (Å²) in [6.45, 7) is 1.52. The van der Waals surface area contributed by atoms with Crippen molar-refractivity contribution in [3.8, 4) is 5.75 Å². The van der Waals surface area contributed by atoms with E-state index in [1.165, 1.54) is 4.31 Å². The van der Waals surface area contributed by atoms with E-state index in [2.05, 4.69) is 27.3 Å². The molecule has 1 amide bonds. The van der Waals surface area contributed by atoms with E-state index >= 15 is 0 Å². The van der Waals surface area contributed by atoms with E-state index in [0.717, 1.165) is 26.6 Å². The van der Waals surface area contributed by atoms with E-state index in [0.29, 0.717) is 39.1 Å². The molecular formula is C25H27BrN2O4S.